The molecule has 0 aromatic carbocycles. The molecule has 0 saturated carbocycles. The number of allylic oxidation sites excluding steroid dienone is 4. The molecule has 80 valence electrons. The third kappa shape index (κ3) is 3.43. The maximum absolute atomic E-state index is 11.6. The first-order valence-corrected chi connectivity index (χ1v) is 4.52. The van der Waals surface area contributed by atoms with Gasteiger partial charge in [0.2, 0.25) is 0 Å². The van der Waals surface area contributed by atoms with Crippen molar-refractivity contribution in [3.63, 3.8) is 0 Å². The van der Waals surface area contributed by atoms with Crippen LogP contribution in [-0.2, 0) is 9.53 Å². The third-order valence-corrected chi connectivity index (χ3v) is 1.98. The second-order valence-corrected chi connectivity index (χ2v) is 2.87. The molecule has 0 heterocycles. The standard InChI is InChI=1S/C13H16O2/c1-6-10(5)12(11(7-2)8-3)13(14)15-9-4/h6-9,11H,1-4H2,5H3/b12-10-. The lowest BCUT2D eigenvalue weighted by Crippen LogP contribution is -2.12. The van der Waals surface area contributed by atoms with Crippen LogP contribution in [-0.4, -0.2) is 5.97 Å². The summed E-state index contributed by atoms with van der Waals surface area (Å²) < 4.78 is 4.74. The number of esters is 1. The summed E-state index contributed by atoms with van der Waals surface area (Å²) >= 11 is 0. The fraction of sp³-hybridized carbons (Fsp3) is 0.154. The van der Waals surface area contributed by atoms with Crippen molar-refractivity contribution in [2.45, 2.75) is 6.92 Å². The minimum Gasteiger partial charge on any atom is -0.432 e. The number of hydrogen-bond acceptors (Lipinski definition) is 2. The second-order valence-electron chi connectivity index (χ2n) is 2.87. The van der Waals surface area contributed by atoms with E-state index in [0.717, 1.165) is 11.8 Å². The highest BCUT2D eigenvalue weighted by Gasteiger charge is 2.18. The van der Waals surface area contributed by atoms with E-state index in [1.54, 1.807) is 25.2 Å². The first kappa shape index (κ1) is 13.2. The van der Waals surface area contributed by atoms with Gasteiger partial charge in [0.1, 0.15) is 0 Å². The van der Waals surface area contributed by atoms with Gasteiger partial charge in [0.05, 0.1) is 11.8 Å². The maximum atomic E-state index is 11.6. The molecule has 0 saturated heterocycles. The van der Waals surface area contributed by atoms with Crippen LogP contribution in [0.3, 0.4) is 0 Å². The number of ether oxygens (including phenoxy) is 1. The molecule has 0 bridgehead atoms. The van der Waals surface area contributed by atoms with E-state index in [-0.39, 0.29) is 5.92 Å². The molecule has 0 aliphatic heterocycles. The van der Waals surface area contributed by atoms with Gasteiger partial charge in [0.25, 0.3) is 0 Å². The molecular formula is C13H16O2. The normalized spacial score (nSPS) is 11.3. The summed E-state index contributed by atoms with van der Waals surface area (Å²) in [5.41, 5.74) is 1.22. The van der Waals surface area contributed by atoms with E-state index in [1.807, 2.05) is 0 Å². The van der Waals surface area contributed by atoms with E-state index in [4.69, 9.17) is 4.74 Å². The third-order valence-electron chi connectivity index (χ3n) is 1.98. The lowest BCUT2D eigenvalue weighted by Gasteiger charge is -2.12. The number of rotatable bonds is 6. The number of carbonyl (C=O) groups is 1. The first-order valence-electron chi connectivity index (χ1n) is 4.52. The van der Waals surface area contributed by atoms with Crippen molar-refractivity contribution in [3.05, 3.63) is 62.0 Å². The Morgan fingerprint density at radius 3 is 2.07 bits per heavy atom. The van der Waals surface area contributed by atoms with Crippen molar-refractivity contribution in [2.75, 3.05) is 0 Å². The Labute approximate surface area is 90.9 Å². The second kappa shape index (κ2) is 6.60. The van der Waals surface area contributed by atoms with Crippen LogP contribution in [0, 0.1) is 5.92 Å². The zero-order valence-corrected chi connectivity index (χ0v) is 9.03. The van der Waals surface area contributed by atoms with Crippen LogP contribution < -0.4 is 0 Å². The van der Waals surface area contributed by atoms with E-state index >= 15 is 0 Å². The number of carbonyl (C=O) groups excluding carboxylic acids is 1. The molecule has 0 N–H and O–H groups in total. The van der Waals surface area contributed by atoms with Gasteiger partial charge in [-0.1, -0.05) is 31.4 Å². The molecule has 0 aromatic rings. The Morgan fingerprint density at radius 2 is 1.73 bits per heavy atom. The van der Waals surface area contributed by atoms with Crippen LogP contribution in [0.15, 0.2) is 62.0 Å². The lowest BCUT2D eigenvalue weighted by atomic mass is 9.95. The summed E-state index contributed by atoms with van der Waals surface area (Å²) in [4.78, 5) is 11.6. The smallest absolute Gasteiger partial charge is 0.339 e. The maximum Gasteiger partial charge on any atom is 0.339 e. The quantitative estimate of drug-likeness (QED) is 0.218. The van der Waals surface area contributed by atoms with Gasteiger partial charge in [-0.15, -0.1) is 13.2 Å². The zero-order valence-electron chi connectivity index (χ0n) is 9.03. The van der Waals surface area contributed by atoms with Crippen molar-refractivity contribution in [1.82, 2.24) is 0 Å². The van der Waals surface area contributed by atoms with E-state index in [9.17, 15) is 4.79 Å². The Kier molecular flexibility index (Phi) is 5.79. The molecule has 0 atom stereocenters. The van der Waals surface area contributed by atoms with E-state index < -0.39 is 5.97 Å². The average Bonchev–Trinajstić information content (AvgIpc) is 2.24. The van der Waals surface area contributed by atoms with Gasteiger partial charge in [0.15, 0.2) is 0 Å². The molecule has 0 spiro atoms. The van der Waals surface area contributed by atoms with Crippen LogP contribution in [0.25, 0.3) is 0 Å². The van der Waals surface area contributed by atoms with Crippen LogP contribution in [0.1, 0.15) is 6.92 Å². The highest BCUT2D eigenvalue weighted by Crippen LogP contribution is 2.20. The van der Waals surface area contributed by atoms with Gasteiger partial charge < -0.3 is 4.74 Å². The van der Waals surface area contributed by atoms with E-state index in [0.29, 0.717) is 5.57 Å². The zero-order chi connectivity index (χ0) is 11.8. The molecule has 0 amide bonds. The fourth-order valence-electron chi connectivity index (χ4n) is 1.14. The molecule has 2 nitrogen and oxygen atoms in total. The topological polar surface area (TPSA) is 26.3 Å². The molecule has 0 aliphatic carbocycles. The summed E-state index contributed by atoms with van der Waals surface area (Å²) in [5, 5.41) is 0. The predicted molar refractivity (Wildman–Crippen MR) is 63.1 cm³/mol. The molecule has 0 aliphatic rings. The molecule has 0 unspecified atom stereocenters. The highest BCUT2D eigenvalue weighted by molar-refractivity contribution is 5.91. The van der Waals surface area contributed by atoms with E-state index in [1.165, 1.54) is 0 Å². The van der Waals surface area contributed by atoms with Crippen molar-refractivity contribution in [3.8, 4) is 0 Å². The van der Waals surface area contributed by atoms with Gasteiger partial charge in [-0.25, -0.2) is 4.79 Å². The summed E-state index contributed by atoms with van der Waals surface area (Å²) in [6.45, 7) is 16.0. The Bertz CT molecular complexity index is 313. The molecule has 0 aromatic heterocycles. The van der Waals surface area contributed by atoms with Gasteiger partial charge in [0, 0.05) is 5.92 Å². The Balaban J connectivity index is 5.31. The van der Waals surface area contributed by atoms with Crippen molar-refractivity contribution >= 4 is 5.97 Å². The number of hydrogen-bond donors (Lipinski definition) is 0. The minimum absolute atomic E-state index is 0.240. The summed E-state index contributed by atoms with van der Waals surface area (Å²) in [5.74, 6) is -0.692. The molecule has 0 fully saturated rings. The van der Waals surface area contributed by atoms with Crippen molar-refractivity contribution < 1.29 is 9.53 Å². The summed E-state index contributed by atoms with van der Waals surface area (Å²) in [6.07, 6.45) is 5.95. The molecular weight excluding hydrogens is 188 g/mol. The molecule has 2 heteroatoms. The fourth-order valence-corrected chi connectivity index (χ4v) is 1.14. The van der Waals surface area contributed by atoms with Crippen LogP contribution in [0.5, 0.6) is 0 Å². The largest absolute Gasteiger partial charge is 0.432 e. The van der Waals surface area contributed by atoms with Gasteiger partial charge in [-0.3, -0.25) is 0 Å². The molecule has 0 radical (unpaired) electrons. The van der Waals surface area contributed by atoms with Gasteiger partial charge in [-0.2, -0.15) is 0 Å². The summed E-state index contributed by atoms with van der Waals surface area (Å²) in [7, 11) is 0. The first-order chi connectivity index (χ1) is 7.12. The van der Waals surface area contributed by atoms with E-state index in [2.05, 4.69) is 26.3 Å². The monoisotopic (exact) mass is 204 g/mol. The lowest BCUT2D eigenvalue weighted by molar-refractivity contribution is -0.133. The average molecular weight is 204 g/mol. The van der Waals surface area contributed by atoms with Gasteiger partial charge >= 0.3 is 5.97 Å². The van der Waals surface area contributed by atoms with Crippen LogP contribution in [0.2, 0.25) is 0 Å². The minimum atomic E-state index is -0.452. The van der Waals surface area contributed by atoms with Crippen molar-refractivity contribution in [1.29, 1.82) is 0 Å². The van der Waals surface area contributed by atoms with Gasteiger partial charge in [-0.05, 0) is 12.5 Å². The van der Waals surface area contributed by atoms with Crippen molar-refractivity contribution in [2.24, 2.45) is 5.92 Å². The SMILES string of the molecule is C=COC(=O)/C(=C(/C)C=C)C(C=C)C=C. The Morgan fingerprint density at radius 1 is 1.20 bits per heavy atom. The highest BCUT2D eigenvalue weighted by atomic mass is 16.5. The van der Waals surface area contributed by atoms with Crippen LogP contribution in [0.4, 0.5) is 0 Å². The summed E-state index contributed by atoms with van der Waals surface area (Å²) in [6, 6.07) is 0. The van der Waals surface area contributed by atoms with Crippen LogP contribution >= 0.6 is 0 Å². The predicted octanol–water partition coefficient (Wildman–Crippen LogP) is 3.16. The Hall–Kier alpha value is -1.83. The molecule has 15 heavy (non-hydrogen) atoms. The molecule has 0 rings (SSSR count).